The standard InChI is InChI=1S/C25H47NO/c1-3-5-6-7-8-9-10-11-12-13-14-15-16-17-18-22-25(27)26-23-20-19-21-24(26)4-2/h11-12,24H,3-10,13-23H2,1-2H3/b12-11-. The van der Waals surface area contributed by atoms with Gasteiger partial charge in [-0.1, -0.05) is 77.4 Å². The maximum absolute atomic E-state index is 12.4. The summed E-state index contributed by atoms with van der Waals surface area (Å²) >= 11 is 0. The number of hydrogen-bond acceptors (Lipinski definition) is 1. The van der Waals surface area contributed by atoms with Gasteiger partial charge in [0.15, 0.2) is 0 Å². The van der Waals surface area contributed by atoms with Crippen molar-refractivity contribution in [3.63, 3.8) is 0 Å². The molecule has 0 aromatic rings. The first-order valence-corrected chi connectivity index (χ1v) is 12.2. The molecule has 0 aliphatic carbocycles. The van der Waals surface area contributed by atoms with E-state index in [4.69, 9.17) is 0 Å². The monoisotopic (exact) mass is 377 g/mol. The fourth-order valence-corrected chi connectivity index (χ4v) is 4.24. The molecule has 1 atom stereocenters. The van der Waals surface area contributed by atoms with Gasteiger partial charge < -0.3 is 4.90 Å². The van der Waals surface area contributed by atoms with Crippen LogP contribution in [0.5, 0.6) is 0 Å². The van der Waals surface area contributed by atoms with Crippen LogP contribution in [0.2, 0.25) is 0 Å². The van der Waals surface area contributed by atoms with Gasteiger partial charge in [-0.2, -0.15) is 0 Å². The van der Waals surface area contributed by atoms with Gasteiger partial charge in [-0.15, -0.1) is 0 Å². The molecule has 158 valence electrons. The molecule has 2 nitrogen and oxygen atoms in total. The van der Waals surface area contributed by atoms with Gasteiger partial charge in [-0.3, -0.25) is 4.79 Å². The van der Waals surface area contributed by atoms with Gasteiger partial charge in [0.1, 0.15) is 0 Å². The van der Waals surface area contributed by atoms with Gasteiger partial charge in [0.25, 0.3) is 0 Å². The Balaban J connectivity index is 1.88. The highest BCUT2D eigenvalue weighted by atomic mass is 16.2. The Morgan fingerprint density at radius 2 is 1.41 bits per heavy atom. The first kappa shape index (κ1) is 24.2. The summed E-state index contributed by atoms with van der Waals surface area (Å²) in [5.41, 5.74) is 0. The van der Waals surface area contributed by atoms with Crippen LogP contribution < -0.4 is 0 Å². The van der Waals surface area contributed by atoms with Crippen LogP contribution in [0.3, 0.4) is 0 Å². The Hall–Kier alpha value is -0.790. The number of hydrogen-bond donors (Lipinski definition) is 0. The van der Waals surface area contributed by atoms with Crippen LogP contribution in [0.4, 0.5) is 0 Å². The fourth-order valence-electron chi connectivity index (χ4n) is 4.24. The maximum atomic E-state index is 12.4. The second-order valence-corrected chi connectivity index (χ2v) is 8.48. The molecule has 2 heteroatoms. The van der Waals surface area contributed by atoms with Crippen molar-refractivity contribution in [3.8, 4) is 0 Å². The highest BCUT2D eigenvalue weighted by molar-refractivity contribution is 5.76. The first-order valence-electron chi connectivity index (χ1n) is 12.2. The molecule has 27 heavy (non-hydrogen) atoms. The molecule has 1 aliphatic rings. The third-order valence-electron chi connectivity index (χ3n) is 6.07. The average molecular weight is 378 g/mol. The van der Waals surface area contributed by atoms with Crippen LogP contribution in [-0.2, 0) is 4.79 Å². The summed E-state index contributed by atoms with van der Waals surface area (Å²) in [5.74, 6) is 0.416. The molecule has 0 bridgehead atoms. The predicted octanol–water partition coefficient (Wildman–Crippen LogP) is 7.82. The van der Waals surface area contributed by atoms with Crippen LogP contribution >= 0.6 is 0 Å². The fraction of sp³-hybridized carbons (Fsp3) is 0.880. The number of rotatable bonds is 16. The summed E-state index contributed by atoms with van der Waals surface area (Å²) in [5, 5.41) is 0. The van der Waals surface area contributed by atoms with Gasteiger partial charge in [0, 0.05) is 19.0 Å². The van der Waals surface area contributed by atoms with Gasteiger partial charge in [0.05, 0.1) is 0 Å². The zero-order valence-corrected chi connectivity index (χ0v) is 18.5. The van der Waals surface area contributed by atoms with Crippen molar-refractivity contribution >= 4 is 5.91 Å². The van der Waals surface area contributed by atoms with Crippen molar-refractivity contribution in [2.75, 3.05) is 6.54 Å². The Bertz CT molecular complexity index is 377. The van der Waals surface area contributed by atoms with E-state index in [-0.39, 0.29) is 0 Å². The molecule has 0 saturated carbocycles. The second kappa shape index (κ2) is 17.3. The number of piperidine rings is 1. The molecular weight excluding hydrogens is 330 g/mol. The highest BCUT2D eigenvalue weighted by Crippen LogP contribution is 2.21. The predicted molar refractivity (Wildman–Crippen MR) is 119 cm³/mol. The molecule has 1 rings (SSSR count). The van der Waals surface area contributed by atoms with E-state index >= 15 is 0 Å². The van der Waals surface area contributed by atoms with Crippen LogP contribution in [0.25, 0.3) is 0 Å². The van der Waals surface area contributed by atoms with Crippen molar-refractivity contribution in [1.29, 1.82) is 0 Å². The molecule has 0 radical (unpaired) electrons. The molecule has 1 amide bonds. The number of allylic oxidation sites excluding steroid dienone is 2. The zero-order valence-electron chi connectivity index (χ0n) is 18.5. The topological polar surface area (TPSA) is 20.3 Å². The van der Waals surface area contributed by atoms with E-state index in [0.29, 0.717) is 11.9 Å². The second-order valence-electron chi connectivity index (χ2n) is 8.48. The van der Waals surface area contributed by atoms with Crippen LogP contribution in [-0.4, -0.2) is 23.4 Å². The van der Waals surface area contributed by atoms with Crippen LogP contribution in [0.1, 0.15) is 129 Å². The summed E-state index contributed by atoms with van der Waals surface area (Å²) < 4.78 is 0. The highest BCUT2D eigenvalue weighted by Gasteiger charge is 2.24. The Labute approximate surface area is 170 Å². The van der Waals surface area contributed by atoms with E-state index in [1.54, 1.807) is 0 Å². The van der Waals surface area contributed by atoms with Crippen molar-refractivity contribution in [3.05, 3.63) is 12.2 Å². The van der Waals surface area contributed by atoms with Crippen LogP contribution in [0, 0.1) is 0 Å². The summed E-state index contributed by atoms with van der Waals surface area (Å²) in [6, 6.07) is 0.523. The smallest absolute Gasteiger partial charge is 0.222 e. The number of carbonyl (C=O) groups is 1. The van der Waals surface area contributed by atoms with Gasteiger partial charge in [-0.05, 0) is 57.8 Å². The maximum Gasteiger partial charge on any atom is 0.222 e. The van der Waals surface area contributed by atoms with Crippen molar-refractivity contribution < 1.29 is 4.79 Å². The minimum Gasteiger partial charge on any atom is -0.340 e. The molecular formula is C25H47NO. The van der Waals surface area contributed by atoms with Gasteiger partial charge >= 0.3 is 0 Å². The van der Waals surface area contributed by atoms with Crippen molar-refractivity contribution in [2.45, 2.75) is 135 Å². The first-order chi connectivity index (χ1) is 13.3. The van der Waals surface area contributed by atoms with Crippen LogP contribution in [0.15, 0.2) is 12.2 Å². The van der Waals surface area contributed by atoms with E-state index in [0.717, 1.165) is 25.8 Å². The molecule has 0 N–H and O–H groups in total. The summed E-state index contributed by atoms with van der Waals surface area (Å²) in [7, 11) is 0. The molecule has 1 fully saturated rings. The quantitative estimate of drug-likeness (QED) is 0.198. The molecule has 1 unspecified atom stereocenters. The molecule has 1 aliphatic heterocycles. The summed E-state index contributed by atoms with van der Waals surface area (Å²) in [4.78, 5) is 14.6. The Morgan fingerprint density at radius 1 is 0.815 bits per heavy atom. The number of nitrogens with zero attached hydrogens (tertiary/aromatic N) is 1. The number of carbonyl (C=O) groups excluding carboxylic acids is 1. The summed E-state index contributed by atoms with van der Waals surface area (Å²) in [6.45, 7) is 5.50. The molecule has 0 aromatic carbocycles. The van der Waals surface area contributed by atoms with E-state index in [9.17, 15) is 4.79 Å². The third kappa shape index (κ3) is 12.3. The van der Waals surface area contributed by atoms with Crippen molar-refractivity contribution in [2.24, 2.45) is 0 Å². The largest absolute Gasteiger partial charge is 0.340 e. The lowest BCUT2D eigenvalue weighted by Gasteiger charge is -2.35. The molecule has 0 aromatic heterocycles. The van der Waals surface area contributed by atoms with Gasteiger partial charge in [-0.25, -0.2) is 0 Å². The van der Waals surface area contributed by atoms with Crippen molar-refractivity contribution in [1.82, 2.24) is 4.90 Å². The van der Waals surface area contributed by atoms with E-state index in [2.05, 4.69) is 30.9 Å². The number of likely N-dealkylation sites (tertiary alicyclic amines) is 1. The van der Waals surface area contributed by atoms with E-state index in [1.165, 1.54) is 96.3 Å². The third-order valence-corrected chi connectivity index (χ3v) is 6.07. The van der Waals surface area contributed by atoms with E-state index in [1.807, 2.05) is 0 Å². The minimum absolute atomic E-state index is 0.416. The lowest BCUT2D eigenvalue weighted by atomic mass is 9.99. The Kier molecular flexibility index (Phi) is 15.6. The molecule has 1 heterocycles. The number of amides is 1. The normalized spacial score (nSPS) is 17.7. The lowest BCUT2D eigenvalue weighted by Crippen LogP contribution is -2.43. The molecule has 1 saturated heterocycles. The van der Waals surface area contributed by atoms with E-state index < -0.39 is 0 Å². The van der Waals surface area contributed by atoms with Gasteiger partial charge in [0.2, 0.25) is 5.91 Å². The lowest BCUT2D eigenvalue weighted by molar-refractivity contribution is -0.135. The minimum atomic E-state index is 0.416. The Morgan fingerprint density at radius 3 is 2.04 bits per heavy atom. The average Bonchev–Trinajstić information content (AvgIpc) is 2.70. The zero-order chi connectivity index (χ0) is 19.6. The summed E-state index contributed by atoms with van der Waals surface area (Å²) in [6.07, 6.45) is 27.5. The SMILES string of the molecule is CCCCCCCC/C=C\CCCCCCCC(=O)N1CCCCC1CC. The number of unbranched alkanes of at least 4 members (excludes halogenated alkanes) is 11. The molecule has 0 spiro atoms.